The third-order valence-corrected chi connectivity index (χ3v) is 5.79. The number of ether oxygens (including phenoxy) is 5. The van der Waals surface area contributed by atoms with E-state index in [-0.39, 0.29) is 12.8 Å². The molecule has 4 rings (SSSR count). The van der Waals surface area contributed by atoms with Gasteiger partial charge in [0.2, 0.25) is 12.5 Å². The average molecular weight is 401 g/mol. The van der Waals surface area contributed by atoms with Gasteiger partial charge in [-0.25, -0.2) is 0 Å². The molecule has 0 amide bonds. The van der Waals surface area contributed by atoms with E-state index in [9.17, 15) is 5.11 Å². The Morgan fingerprint density at radius 3 is 2.69 bits per heavy atom. The van der Waals surface area contributed by atoms with Gasteiger partial charge in [-0.15, -0.1) is 0 Å². The molecular weight excluding hydrogens is 374 g/mol. The fourth-order valence-electron chi connectivity index (χ4n) is 4.26. The van der Waals surface area contributed by atoms with Crippen LogP contribution in [-0.2, 0) is 6.42 Å². The molecule has 0 radical (unpaired) electrons. The quantitative estimate of drug-likeness (QED) is 0.798. The summed E-state index contributed by atoms with van der Waals surface area (Å²) in [5, 5.41) is 11.1. The molecule has 29 heavy (non-hydrogen) atoms. The normalized spacial score (nSPS) is 18.9. The number of fused-ring (bicyclic) bond motifs is 2. The lowest BCUT2D eigenvalue weighted by Gasteiger charge is -2.37. The van der Waals surface area contributed by atoms with E-state index in [0.717, 1.165) is 24.3 Å². The number of nitrogens with zero attached hydrogens (tertiary/aromatic N) is 1. The highest BCUT2D eigenvalue weighted by atomic mass is 16.7. The van der Waals surface area contributed by atoms with Crippen molar-refractivity contribution in [2.75, 3.05) is 41.7 Å². The molecule has 0 aromatic heterocycles. The lowest BCUT2D eigenvalue weighted by atomic mass is 9.87. The van der Waals surface area contributed by atoms with Crippen molar-refractivity contribution in [1.29, 1.82) is 0 Å². The molecule has 7 nitrogen and oxygen atoms in total. The number of aliphatic hydroxyl groups is 1. The fourth-order valence-corrected chi connectivity index (χ4v) is 4.26. The molecule has 156 valence electrons. The first-order chi connectivity index (χ1) is 14.1. The van der Waals surface area contributed by atoms with Crippen LogP contribution in [0, 0.1) is 0 Å². The zero-order chi connectivity index (χ0) is 20.5. The van der Waals surface area contributed by atoms with Crippen molar-refractivity contribution in [1.82, 2.24) is 4.90 Å². The Morgan fingerprint density at radius 2 is 1.97 bits per heavy atom. The molecule has 0 fully saturated rings. The lowest BCUT2D eigenvalue weighted by molar-refractivity contribution is 0.105. The number of aliphatic hydroxyl groups excluding tert-OH is 1. The SMILES string of the molecule is COc1ccc(OC)c(C(O)CC2c3c(cc4c(c3OC)OCO4)CCN2C)c1. The standard InChI is InChI=1S/C22H27NO6/c1-23-8-7-13-9-19-21(29-12-28-19)22(27-4)20(13)16(23)11-17(24)15-10-14(25-2)5-6-18(15)26-3/h5-6,9-10,16-17,24H,7-8,11-12H2,1-4H3. The van der Waals surface area contributed by atoms with Crippen LogP contribution < -0.4 is 23.7 Å². The second kappa shape index (κ2) is 8.00. The second-order valence-corrected chi connectivity index (χ2v) is 7.32. The topological polar surface area (TPSA) is 69.6 Å². The molecule has 0 saturated carbocycles. The first-order valence-corrected chi connectivity index (χ1v) is 9.67. The largest absolute Gasteiger partial charge is 0.497 e. The summed E-state index contributed by atoms with van der Waals surface area (Å²) in [4.78, 5) is 2.24. The van der Waals surface area contributed by atoms with Crippen molar-refractivity contribution in [3.8, 4) is 28.7 Å². The van der Waals surface area contributed by atoms with E-state index in [1.807, 2.05) is 24.3 Å². The molecular formula is C22H27NO6. The number of benzene rings is 2. The summed E-state index contributed by atoms with van der Waals surface area (Å²) in [6.07, 6.45) is 0.616. The van der Waals surface area contributed by atoms with E-state index in [0.29, 0.717) is 35.0 Å². The van der Waals surface area contributed by atoms with Crippen molar-refractivity contribution < 1.29 is 28.8 Å². The van der Waals surface area contributed by atoms with Crippen molar-refractivity contribution >= 4 is 0 Å². The van der Waals surface area contributed by atoms with Crippen LogP contribution in [0.4, 0.5) is 0 Å². The van der Waals surface area contributed by atoms with Crippen LogP contribution in [-0.4, -0.2) is 51.7 Å². The smallest absolute Gasteiger partial charge is 0.231 e. The third-order valence-electron chi connectivity index (χ3n) is 5.79. The van der Waals surface area contributed by atoms with Crippen LogP contribution in [0.15, 0.2) is 24.3 Å². The predicted octanol–water partition coefficient (Wildman–Crippen LogP) is 3.09. The summed E-state index contributed by atoms with van der Waals surface area (Å²) >= 11 is 0. The van der Waals surface area contributed by atoms with E-state index in [4.69, 9.17) is 23.7 Å². The summed E-state index contributed by atoms with van der Waals surface area (Å²) in [5.41, 5.74) is 2.91. The van der Waals surface area contributed by atoms with Crippen LogP contribution in [0.25, 0.3) is 0 Å². The number of methoxy groups -OCH3 is 3. The highest BCUT2D eigenvalue weighted by molar-refractivity contribution is 5.62. The molecule has 2 unspecified atom stereocenters. The Kier molecular flexibility index (Phi) is 5.43. The van der Waals surface area contributed by atoms with Gasteiger partial charge in [0.1, 0.15) is 11.5 Å². The second-order valence-electron chi connectivity index (χ2n) is 7.32. The van der Waals surface area contributed by atoms with Crippen LogP contribution in [0.2, 0.25) is 0 Å². The van der Waals surface area contributed by atoms with Crippen molar-refractivity contribution in [2.45, 2.75) is 25.0 Å². The van der Waals surface area contributed by atoms with Gasteiger partial charge >= 0.3 is 0 Å². The summed E-state index contributed by atoms with van der Waals surface area (Å²) in [6.45, 7) is 1.07. The Balaban J connectivity index is 1.72. The lowest BCUT2D eigenvalue weighted by Crippen LogP contribution is -2.33. The Bertz CT molecular complexity index is 899. The zero-order valence-corrected chi connectivity index (χ0v) is 17.2. The fraction of sp³-hybridized carbons (Fsp3) is 0.455. The number of hydrogen-bond donors (Lipinski definition) is 1. The summed E-state index contributed by atoms with van der Waals surface area (Å²) in [6, 6.07) is 7.45. The average Bonchev–Trinajstić information content (AvgIpc) is 3.21. The van der Waals surface area contributed by atoms with Crippen LogP contribution in [0.1, 0.15) is 35.3 Å². The number of likely N-dealkylation sites (N-methyl/N-ethyl adjacent to an activating group) is 1. The third kappa shape index (κ3) is 3.45. The minimum Gasteiger partial charge on any atom is -0.497 e. The first kappa shape index (κ1) is 19.7. The molecule has 2 aliphatic rings. The number of hydrogen-bond acceptors (Lipinski definition) is 7. The Labute approximate surface area is 170 Å². The van der Waals surface area contributed by atoms with E-state index >= 15 is 0 Å². The Hall–Kier alpha value is -2.64. The van der Waals surface area contributed by atoms with E-state index < -0.39 is 6.10 Å². The van der Waals surface area contributed by atoms with E-state index in [1.165, 1.54) is 5.56 Å². The van der Waals surface area contributed by atoms with Crippen LogP contribution >= 0.6 is 0 Å². The van der Waals surface area contributed by atoms with Gasteiger partial charge in [0.15, 0.2) is 11.5 Å². The maximum atomic E-state index is 11.1. The molecule has 0 spiro atoms. The zero-order valence-electron chi connectivity index (χ0n) is 17.2. The highest BCUT2D eigenvalue weighted by Crippen LogP contribution is 2.51. The van der Waals surface area contributed by atoms with Gasteiger partial charge in [0, 0.05) is 23.7 Å². The van der Waals surface area contributed by atoms with Gasteiger partial charge < -0.3 is 28.8 Å². The first-order valence-electron chi connectivity index (χ1n) is 9.67. The van der Waals surface area contributed by atoms with Crippen molar-refractivity contribution in [3.63, 3.8) is 0 Å². The molecule has 7 heteroatoms. The monoisotopic (exact) mass is 401 g/mol. The van der Waals surface area contributed by atoms with E-state index in [2.05, 4.69) is 11.9 Å². The van der Waals surface area contributed by atoms with E-state index in [1.54, 1.807) is 21.3 Å². The minimum absolute atomic E-state index is 0.0471. The molecule has 1 N–H and O–H groups in total. The number of rotatable bonds is 6. The van der Waals surface area contributed by atoms with Crippen LogP contribution in [0.3, 0.4) is 0 Å². The summed E-state index contributed by atoms with van der Waals surface area (Å²) in [7, 11) is 6.91. The molecule has 2 aliphatic heterocycles. The molecule has 2 heterocycles. The minimum atomic E-state index is -0.742. The summed E-state index contributed by atoms with van der Waals surface area (Å²) in [5.74, 6) is 3.36. The molecule has 0 bridgehead atoms. The molecule has 2 atom stereocenters. The van der Waals surface area contributed by atoms with Gasteiger partial charge in [-0.3, -0.25) is 4.90 Å². The molecule has 2 aromatic rings. The Morgan fingerprint density at radius 1 is 1.14 bits per heavy atom. The predicted molar refractivity (Wildman–Crippen MR) is 107 cm³/mol. The van der Waals surface area contributed by atoms with Gasteiger partial charge in [0.05, 0.1) is 27.4 Å². The molecule has 0 aliphatic carbocycles. The van der Waals surface area contributed by atoms with Crippen molar-refractivity contribution in [2.24, 2.45) is 0 Å². The van der Waals surface area contributed by atoms with Crippen molar-refractivity contribution in [3.05, 3.63) is 41.0 Å². The van der Waals surface area contributed by atoms with Crippen LogP contribution in [0.5, 0.6) is 28.7 Å². The highest BCUT2D eigenvalue weighted by Gasteiger charge is 2.35. The maximum Gasteiger partial charge on any atom is 0.231 e. The summed E-state index contributed by atoms with van der Waals surface area (Å²) < 4.78 is 27.8. The van der Waals surface area contributed by atoms with Gasteiger partial charge in [-0.2, -0.15) is 0 Å². The molecule has 2 aromatic carbocycles. The maximum absolute atomic E-state index is 11.1. The van der Waals surface area contributed by atoms with Gasteiger partial charge in [0.25, 0.3) is 0 Å². The molecule has 0 saturated heterocycles. The van der Waals surface area contributed by atoms with Gasteiger partial charge in [-0.1, -0.05) is 0 Å². The van der Waals surface area contributed by atoms with Gasteiger partial charge in [-0.05, 0) is 49.7 Å².